The number of halogens is 3. The number of hydrogen-bond acceptors (Lipinski definition) is 5. The molecule has 1 N–H and O–H groups in total. The van der Waals surface area contributed by atoms with Gasteiger partial charge in [-0.1, -0.05) is 18.3 Å². The maximum atomic E-state index is 12.4. The number of hydrogen-bond donors (Lipinski definition) is 1. The van der Waals surface area contributed by atoms with Crippen LogP contribution in [0.4, 0.5) is 18.3 Å². The van der Waals surface area contributed by atoms with Crippen molar-refractivity contribution in [2.45, 2.75) is 20.0 Å². The summed E-state index contributed by atoms with van der Waals surface area (Å²) in [6.45, 7) is 3.66. The van der Waals surface area contributed by atoms with E-state index in [1.54, 1.807) is 6.92 Å². The molecule has 1 unspecified atom stereocenters. The highest BCUT2D eigenvalue weighted by molar-refractivity contribution is 7.15. The molecule has 0 spiro atoms. The molecule has 0 aliphatic heterocycles. The first-order chi connectivity index (χ1) is 8.25. The lowest BCUT2D eigenvalue weighted by Gasteiger charge is -2.21. The lowest BCUT2D eigenvalue weighted by Crippen LogP contribution is -2.31. The van der Waals surface area contributed by atoms with E-state index in [0.717, 1.165) is 0 Å². The normalized spacial score (nSPS) is 13.4. The molecule has 0 radical (unpaired) electrons. The molecule has 1 rings (SSSR count). The van der Waals surface area contributed by atoms with Crippen LogP contribution in [0.5, 0.6) is 0 Å². The molecule has 0 fully saturated rings. The number of aromatic nitrogens is 2. The smallest absolute Gasteiger partial charge is 0.445 e. The number of carbonyl (C=O) groups is 1. The largest absolute Gasteiger partial charge is 0.481 e. The van der Waals surface area contributed by atoms with Crippen LogP contribution in [0.1, 0.15) is 18.9 Å². The standard InChI is InChI=1S/C9H12F3N3O2S/c1-3-15(4-5(2)6(16)17)8-14-13-7(18-8)9(10,11)12/h5H,3-4H2,1-2H3,(H,16,17). The molecular weight excluding hydrogens is 271 g/mol. The lowest BCUT2D eigenvalue weighted by atomic mass is 10.2. The second-order valence-electron chi connectivity index (χ2n) is 3.67. The van der Waals surface area contributed by atoms with E-state index < -0.39 is 23.1 Å². The van der Waals surface area contributed by atoms with Gasteiger partial charge in [-0.25, -0.2) is 0 Å². The molecule has 18 heavy (non-hydrogen) atoms. The molecule has 0 aliphatic rings. The number of rotatable bonds is 5. The molecule has 0 saturated heterocycles. The number of carboxylic acids is 1. The van der Waals surface area contributed by atoms with Crippen LogP contribution < -0.4 is 4.90 Å². The SMILES string of the molecule is CCN(CC(C)C(=O)O)c1nnc(C(F)(F)F)s1. The van der Waals surface area contributed by atoms with Crippen LogP contribution in [0.25, 0.3) is 0 Å². The Morgan fingerprint density at radius 1 is 1.50 bits per heavy atom. The van der Waals surface area contributed by atoms with Gasteiger partial charge in [0.2, 0.25) is 10.1 Å². The maximum absolute atomic E-state index is 12.4. The monoisotopic (exact) mass is 283 g/mol. The van der Waals surface area contributed by atoms with Crippen LogP contribution in [0, 0.1) is 5.92 Å². The molecule has 1 aromatic rings. The third-order valence-corrected chi connectivity index (χ3v) is 3.25. The van der Waals surface area contributed by atoms with Gasteiger partial charge in [-0.3, -0.25) is 4.79 Å². The summed E-state index contributed by atoms with van der Waals surface area (Å²) in [5.74, 6) is -1.70. The molecule has 0 saturated carbocycles. The minimum atomic E-state index is -4.52. The highest BCUT2D eigenvalue weighted by Gasteiger charge is 2.36. The highest BCUT2D eigenvalue weighted by atomic mass is 32.1. The fourth-order valence-electron chi connectivity index (χ4n) is 1.21. The van der Waals surface area contributed by atoms with Gasteiger partial charge in [0.25, 0.3) is 0 Å². The first kappa shape index (κ1) is 14.7. The molecule has 0 aromatic carbocycles. The third kappa shape index (κ3) is 3.56. The van der Waals surface area contributed by atoms with Crippen LogP contribution >= 0.6 is 11.3 Å². The topological polar surface area (TPSA) is 66.3 Å². The first-order valence-corrected chi connectivity index (χ1v) is 5.95. The zero-order chi connectivity index (χ0) is 13.9. The van der Waals surface area contributed by atoms with E-state index in [-0.39, 0.29) is 11.7 Å². The van der Waals surface area contributed by atoms with Crippen LogP contribution in [-0.4, -0.2) is 34.4 Å². The summed E-state index contributed by atoms with van der Waals surface area (Å²) >= 11 is 0.412. The molecule has 1 aromatic heterocycles. The number of aliphatic carboxylic acids is 1. The lowest BCUT2D eigenvalue weighted by molar-refractivity contribution is -0.141. The molecular formula is C9H12F3N3O2S. The van der Waals surface area contributed by atoms with Gasteiger partial charge >= 0.3 is 12.1 Å². The Morgan fingerprint density at radius 3 is 2.50 bits per heavy atom. The minimum absolute atomic E-state index is 0.0814. The fourth-order valence-corrected chi connectivity index (χ4v) is 1.99. The zero-order valence-corrected chi connectivity index (χ0v) is 10.5. The van der Waals surface area contributed by atoms with E-state index >= 15 is 0 Å². The summed E-state index contributed by atoms with van der Waals surface area (Å²) in [4.78, 5) is 12.2. The van der Waals surface area contributed by atoms with E-state index in [1.807, 2.05) is 0 Å². The van der Waals surface area contributed by atoms with Crippen molar-refractivity contribution in [1.82, 2.24) is 10.2 Å². The van der Waals surface area contributed by atoms with Crippen LogP contribution in [0.2, 0.25) is 0 Å². The van der Waals surface area contributed by atoms with E-state index in [4.69, 9.17) is 5.11 Å². The third-order valence-electron chi connectivity index (χ3n) is 2.22. The van der Waals surface area contributed by atoms with Gasteiger partial charge in [-0.2, -0.15) is 13.2 Å². The number of anilines is 1. The second-order valence-corrected chi connectivity index (χ2v) is 4.62. The molecule has 0 aliphatic carbocycles. The summed E-state index contributed by atoms with van der Waals surface area (Å²) in [5.41, 5.74) is 0. The van der Waals surface area contributed by atoms with Crippen molar-refractivity contribution in [3.05, 3.63) is 5.01 Å². The van der Waals surface area contributed by atoms with Crippen LogP contribution in [0.15, 0.2) is 0 Å². The predicted octanol–water partition coefficient (Wildman–Crippen LogP) is 2.10. The van der Waals surface area contributed by atoms with Gasteiger partial charge in [0.1, 0.15) is 0 Å². The Kier molecular flexibility index (Phi) is 4.49. The van der Waals surface area contributed by atoms with E-state index in [0.29, 0.717) is 17.9 Å². The van der Waals surface area contributed by atoms with Crippen molar-refractivity contribution in [3.8, 4) is 0 Å². The summed E-state index contributed by atoms with van der Waals surface area (Å²) in [6, 6.07) is 0. The second kappa shape index (κ2) is 5.51. The average Bonchev–Trinajstić information content (AvgIpc) is 2.73. The van der Waals surface area contributed by atoms with Gasteiger partial charge in [0, 0.05) is 13.1 Å². The van der Waals surface area contributed by atoms with Gasteiger partial charge in [0.15, 0.2) is 0 Å². The van der Waals surface area contributed by atoms with Crippen molar-refractivity contribution in [2.75, 3.05) is 18.0 Å². The first-order valence-electron chi connectivity index (χ1n) is 5.14. The zero-order valence-electron chi connectivity index (χ0n) is 9.73. The summed E-state index contributed by atoms with van der Waals surface area (Å²) in [5, 5.41) is 14.3. The van der Waals surface area contributed by atoms with Gasteiger partial charge in [0.05, 0.1) is 5.92 Å². The maximum Gasteiger partial charge on any atom is 0.445 e. The Labute approximate surface area is 105 Å². The van der Waals surface area contributed by atoms with Crippen molar-refractivity contribution in [2.24, 2.45) is 5.92 Å². The fraction of sp³-hybridized carbons (Fsp3) is 0.667. The quantitative estimate of drug-likeness (QED) is 0.896. The molecule has 1 heterocycles. The van der Waals surface area contributed by atoms with Gasteiger partial charge < -0.3 is 10.0 Å². The molecule has 1 atom stereocenters. The summed E-state index contributed by atoms with van der Waals surface area (Å²) < 4.78 is 37.1. The summed E-state index contributed by atoms with van der Waals surface area (Å²) in [6.07, 6.45) is -4.52. The molecule has 5 nitrogen and oxygen atoms in total. The van der Waals surface area contributed by atoms with E-state index in [9.17, 15) is 18.0 Å². The van der Waals surface area contributed by atoms with E-state index in [1.165, 1.54) is 11.8 Å². The van der Waals surface area contributed by atoms with E-state index in [2.05, 4.69) is 10.2 Å². The minimum Gasteiger partial charge on any atom is -0.481 e. The van der Waals surface area contributed by atoms with Crippen molar-refractivity contribution < 1.29 is 23.1 Å². The van der Waals surface area contributed by atoms with Crippen LogP contribution in [-0.2, 0) is 11.0 Å². The molecule has 102 valence electrons. The Hall–Kier alpha value is -1.38. The Morgan fingerprint density at radius 2 is 2.11 bits per heavy atom. The molecule has 9 heteroatoms. The Balaban J connectivity index is 2.83. The highest BCUT2D eigenvalue weighted by Crippen LogP contribution is 2.34. The Bertz CT molecular complexity index is 421. The van der Waals surface area contributed by atoms with Gasteiger partial charge in [-0.15, -0.1) is 10.2 Å². The van der Waals surface area contributed by atoms with Crippen LogP contribution in [0.3, 0.4) is 0 Å². The molecule has 0 amide bonds. The summed E-state index contributed by atoms with van der Waals surface area (Å²) in [7, 11) is 0. The number of nitrogens with zero attached hydrogens (tertiary/aromatic N) is 3. The number of alkyl halides is 3. The predicted molar refractivity (Wildman–Crippen MR) is 59.6 cm³/mol. The molecule has 0 bridgehead atoms. The van der Waals surface area contributed by atoms with Gasteiger partial charge in [-0.05, 0) is 6.92 Å². The number of carboxylic acid groups (broad SMARTS) is 1. The van der Waals surface area contributed by atoms with Crippen molar-refractivity contribution in [1.29, 1.82) is 0 Å². The van der Waals surface area contributed by atoms with Crippen molar-refractivity contribution in [3.63, 3.8) is 0 Å². The van der Waals surface area contributed by atoms with Crippen molar-refractivity contribution >= 4 is 22.4 Å². The average molecular weight is 283 g/mol.